The Morgan fingerprint density at radius 2 is 2.08 bits per heavy atom. The Hall–Kier alpha value is 0.400. The van der Waals surface area contributed by atoms with Gasteiger partial charge in [0.25, 0.3) is 0 Å². The summed E-state index contributed by atoms with van der Waals surface area (Å²) in [7, 11) is 0. The minimum absolute atomic E-state index is 0.273. The quantitative estimate of drug-likeness (QED) is 0.683. The highest BCUT2D eigenvalue weighted by molar-refractivity contribution is 9.09. The molecule has 0 spiro atoms. The van der Waals surface area contributed by atoms with Crippen molar-refractivity contribution in [3.8, 4) is 0 Å². The maximum Gasteiger partial charge on any atom is 0.0558 e. The van der Waals surface area contributed by atoms with E-state index >= 15 is 0 Å². The van der Waals surface area contributed by atoms with Crippen LogP contribution in [0.5, 0.6) is 0 Å². The lowest BCUT2D eigenvalue weighted by atomic mass is 10.2. The van der Waals surface area contributed by atoms with Crippen LogP contribution in [0.2, 0.25) is 0 Å². The number of nitrogens with zero attached hydrogens (tertiary/aromatic N) is 1. The molecule has 0 bridgehead atoms. The molecule has 0 aromatic rings. The Morgan fingerprint density at radius 3 is 2.50 bits per heavy atom. The van der Waals surface area contributed by atoms with E-state index in [4.69, 9.17) is 5.11 Å². The number of hydrogen-bond donors (Lipinski definition) is 1. The molecule has 0 aromatic carbocycles. The summed E-state index contributed by atoms with van der Waals surface area (Å²) < 4.78 is 0. The lowest BCUT2D eigenvalue weighted by Gasteiger charge is -2.23. The molecule has 1 unspecified atom stereocenters. The Morgan fingerprint density at radius 1 is 1.42 bits per heavy atom. The molecule has 0 saturated heterocycles. The average Bonchev–Trinajstić information content (AvgIpc) is 2.05. The van der Waals surface area contributed by atoms with Gasteiger partial charge < -0.3 is 10.0 Å². The zero-order chi connectivity index (χ0) is 9.40. The van der Waals surface area contributed by atoms with E-state index in [-0.39, 0.29) is 6.61 Å². The van der Waals surface area contributed by atoms with Gasteiger partial charge in [0.15, 0.2) is 0 Å². The maximum atomic E-state index is 8.80. The topological polar surface area (TPSA) is 23.5 Å². The van der Waals surface area contributed by atoms with Gasteiger partial charge in [-0.2, -0.15) is 0 Å². The summed E-state index contributed by atoms with van der Waals surface area (Å²) in [5.74, 6) is 0.670. The van der Waals surface area contributed by atoms with E-state index in [2.05, 4.69) is 34.7 Å². The van der Waals surface area contributed by atoms with E-state index < -0.39 is 0 Å². The Balaban J connectivity index is 3.61. The second-order valence-corrected chi connectivity index (χ2v) is 3.93. The van der Waals surface area contributed by atoms with Crippen molar-refractivity contribution in [1.82, 2.24) is 4.90 Å². The molecule has 1 N–H and O–H groups in total. The van der Waals surface area contributed by atoms with Crippen molar-refractivity contribution in [2.45, 2.75) is 20.3 Å². The van der Waals surface area contributed by atoms with Crippen LogP contribution in [0.15, 0.2) is 0 Å². The van der Waals surface area contributed by atoms with Crippen molar-refractivity contribution >= 4 is 15.9 Å². The van der Waals surface area contributed by atoms with Gasteiger partial charge in [-0.25, -0.2) is 0 Å². The Kier molecular flexibility index (Phi) is 8.29. The van der Waals surface area contributed by atoms with Crippen molar-refractivity contribution in [3.63, 3.8) is 0 Å². The van der Waals surface area contributed by atoms with Crippen LogP contribution in [-0.4, -0.2) is 41.6 Å². The SMILES string of the molecule is CCCN(CCO)CC(C)CBr. The normalized spacial score (nSPS) is 13.8. The van der Waals surface area contributed by atoms with Gasteiger partial charge in [-0.05, 0) is 18.9 Å². The minimum atomic E-state index is 0.273. The standard InChI is InChI=1S/C9H20BrNO/c1-3-4-11(5-6-12)8-9(2)7-10/h9,12H,3-8H2,1-2H3. The van der Waals surface area contributed by atoms with Crippen molar-refractivity contribution in [2.24, 2.45) is 5.92 Å². The molecular weight excluding hydrogens is 218 g/mol. The summed E-state index contributed by atoms with van der Waals surface area (Å²) in [4.78, 5) is 2.31. The predicted molar refractivity (Wildman–Crippen MR) is 56.8 cm³/mol. The number of halogens is 1. The van der Waals surface area contributed by atoms with Crippen LogP contribution in [-0.2, 0) is 0 Å². The minimum Gasteiger partial charge on any atom is -0.395 e. The third kappa shape index (κ3) is 5.98. The number of rotatable bonds is 7. The molecule has 2 nitrogen and oxygen atoms in total. The molecule has 0 amide bonds. The van der Waals surface area contributed by atoms with Crippen LogP contribution in [0.25, 0.3) is 0 Å². The molecule has 0 aliphatic heterocycles. The van der Waals surface area contributed by atoms with E-state index in [0.717, 1.165) is 31.4 Å². The van der Waals surface area contributed by atoms with Gasteiger partial charge in [0.2, 0.25) is 0 Å². The van der Waals surface area contributed by atoms with E-state index in [9.17, 15) is 0 Å². The second kappa shape index (κ2) is 8.02. The molecular formula is C9H20BrNO. The van der Waals surface area contributed by atoms with Crippen LogP contribution >= 0.6 is 15.9 Å². The van der Waals surface area contributed by atoms with Gasteiger partial charge in [-0.15, -0.1) is 0 Å². The summed E-state index contributed by atoms with van der Waals surface area (Å²) in [6.45, 7) is 7.65. The average molecular weight is 238 g/mol. The third-order valence-electron chi connectivity index (χ3n) is 1.79. The molecule has 0 fully saturated rings. The maximum absolute atomic E-state index is 8.80. The van der Waals surface area contributed by atoms with E-state index in [0.29, 0.717) is 5.92 Å². The first-order valence-corrected chi connectivity index (χ1v) is 5.75. The fraction of sp³-hybridized carbons (Fsp3) is 1.00. The van der Waals surface area contributed by atoms with Crippen LogP contribution < -0.4 is 0 Å². The fourth-order valence-corrected chi connectivity index (χ4v) is 1.45. The van der Waals surface area contributed by atoms with E-state index in [1.165, 1.54) is 0 Å². The molecule has 0 heterocycles. The molecule has 0 aliphatic carbocycles. The summed E-state index contributed by atoms with van der Waals surface area (Å²) in [5.41, 5.74) is 0. The fourth-order valence-electron chi connectivity index (χ4n) is 1.24. The van der Waals surface area contributed by atoms with Gasteiger partial charge in [0.05, 0.1) is 6.61 Å². The van der Waals surface area contributed by atoms with Crippen molar-refractivity contribution in [2.75, 3.05) is 31.6 Å². The molecule has 3 heteroatoms. The lowest BCUT2D eigenvalue weighted by molar-refractivity contribution is 0.183. The number of hydrogen-bond acceptors (Lipinski definition) is 2. The molecule has 0 aromatic heterocycles. The number of alkyl halides is 1. The van der Waals surface area contributed by atoms with Gasteiger partial charge in [0.1, 0.15) is 0 Å². The van der Waals surface area contributed by atoms with E-state index in [1.807, 2.05) is 0 Å². The number of aliphatic hydroxyl groups is 1. The molecule has 74 valence electrons. The van der Waals surface area contributed by atoms with Crippen LogP contribution in [0.1, 0.15) is 20.3 Å². The van der Waals surface area contributed by atoms with Crippen LogP contribution in [0.4, 0.5) is 0 Å². The zero-order valence-corrected chi connectivity index (χ0v) is 9.68. The first-order chi connectivity index (χ1) is 5.74. The van der Waals surface area contributed by atoms with Crippen LogP contribution in [0, 0.1) is 5.92 Å². The molecule has 0 radical (unpaired) electrons. The summed E-state index contributed by atoms with van der Waals surface area (Å²) in [6, 6.07) is 0. The smallest absolute Gasteiger partial charge is 0.0558 e. The summed E-state index contributed by atoms with van der Waals surface area (Å²) in [5, 5.41) is 9.84. The molecule has 0 rings (SSSR count). The van der Waals surface area contributed by atoms with Crippen molar-refractivity contribution in [1.29, 1.82) is 0 Å². The first kappa shape index (κ1) is 12.4. The van der Waals surface area contributed by atoms with Crippen molar-refractivity contribution < 1.29 is 5.11 Å². The van der Waals surface area contributed by atoms with Crippen molar-refractivity contribution in [3.05, 3.63) is 0 Å². The highest BCUT2D eigenvalue weighted by atomic mass is 79.9. The zero-order valence-electron chi connectivity index (χ0n) is 8.09. The second-order valence-electron chi connectivity index (χ2n) is 3.28. The van der Waals surface area contributed by atoms with E-state index in [1.54, 1.807) is 0 Å². The van der Waals surface area contributed by atoms with Gasteiger partial charge in [-0.1, -0.05) is 29.8 Å². The monoisotopic (exact) mass is 237 g/mol. The number of aliphatic hydroxyl groups excluding tert-OH is 1. The predicted octanol–water partition coefficient (Wildman–Crippen LogP) is 1.72. The highest BCUT2D eigenvalue weighted by Crippen LogP contribution is 2.03. The first-order valence-electron chi connectivity index (χ1n) is 4.63. The van der Waals surface area contributed by atoms with Gasteiger partial charge in [0, 0.05) is 18.4 Å². The van der Waals surface area contributed by atoms with Crippen LogP contribution in [0.3, 0.4) is 0 Å². The van der Waals surface area contributed by atoms with Gasteiger partial charge >= 0.3 is 0 Å². The van der Waals surface area contributed by atoms with Gasteiger partial charge in [-0.3, -0.25) is 0 Å². The lowest BCUT2D eigenvalue weighted by Crippen LogP contribution is -2.32. The third-order valence-corrected chi connectivity index (χ3v) is 2.89. The largest absolute Gasteiger partial charge is 0.395 e. The Labute approximate surface area is 84.1 Å². The highest BCUT2D eigenvalue weighted by Gasteiger charge is 2.07. The molecule has 0 aliphatic rings. The molecule has 0 saturated carbocycles. The summed E-state index contributed by atoms with van der Waals surface area (Å²) in [6.07, 6.45) is 1.16. The Bertz CT molecular complexity index is 94.5. The molecule has 1 atom stereocenters. The molecule has 12 heavy (non-hydrogen) atoms. The summed E-state index contributed by atoms with van der Waals surface area (Å²) >= 11 is 3.46.